The van der Waals surface area contributed by atoms with E-state index in [1.165, 1.54) is 10.4 Å². The van der Waals surface area contributed by atoms with Gasteiger partial charge in [-0.05, 0) is 63.3 Å². The molecule has 4 aromatic carbocycles. The minimum atomic E-state index is -2.81. The van der Waals surface area contributed by atoms with Gasteiger partial charge >= 0.3 is 8.32 Å². The van der Waals surface area contributed by atoms with Crippen LogP contribution in [-0.2, 0) is 0 Å². The van der Waals surface area contributed by atoms with Gasteiger partial charge in [0.2, 0.25) is 0 Å². The Bertz CT molecular complexity index is 1380. The molecule has 4 nitrogen and oxygen atoms in total. The Kier molecular flexibility index (Phi) is 8.51. The maximum absolute atomic E-state index is 7.28. The summed E-state index contributed by atoms with van der Waals surface area (Å²) in [5.41, 5.74) is 3.05. The van der Waals surface area contributed by atoms with E-state index >= 15 is 0 Å². The summed E-state index contributed by atoms with van der Waals surface area (Å²) < 4.78 is 24.1. The van der Waals surface area contributed by atoms with E-state index in [-0.39, 0.29) is 5.04 Å². The molecule has 0 atom stereocenters. The third kappa shape index (κ3) is 5.74. The van der Waals surface area contributed by atoms with E-state index in [4.69, 9.17) is 18.6 Å². The molecule has 0 aliphatic heterocycles. The van der Waals surface area contributed by atoms with E-state index in [2.05, 4.69) is 106 Å². The largest absolute Gasteiger partial charge is 0.531 e. The lowest BCUT2D eigenvalue weighted by molar-refractivity contribution is 0.353. The lowest BCUT2D eigenvalue weighted by Crippen LogP contribution is -2.68. The van der Waals surface area contributed by atoms with Gasteiger partial charge in [-0.1, -0.05) is 99.7 Å². The van der Waals surface area contributed by atoms with E-state index in [0.717, 1.165) is 28.2 Å². The molecule has 0 fully saturated rings. The first kappa shape index (κ1) is 28.1. The second kappa shape index (κ2) is 11.8. The summed E-state index contributed by atoms with van der Waals surface area (Å²) in [5, 5.41) is 2.27. The number of methoxy groups -OCH3 is 3. The SMILES string of the molecule is COc1ccc(/C=C\c2cc(C)c(OC)c(OC)c2)cc1O[Si](c1ccccc1)(c1ccccc1)C(C)(C)C. The molecule has 0 spiro atoms. The third-order valence-electron chi connectivity index (χ3n) is 7.02. The Balaban J connectivity index is 1.81. The Morgan fingerprint density at radius 2 is 1.13 bits per heavy atom. The van der Waals surface area contributed by atoms with Crippen LogP contribution in [0.25, 0.3) is 12.2 Å². The minimum absolute atomic E-state index is 0.163. The lowest BCUT2D eigenvalue weighted by Gasteiger charge is -2.43. The fourth-order valence-corrected chi connectivity index (χ4v) is 9.58. The summed E-state index contributed by atoms with van der Waals surface area (Å²) >= 11 is 0. The zero-order valence-corrected chi connectivity index (χ0v) is 24.9. The van der Waals surface area contributed by atoms with Crippen molar-refractivity contribution in [3.63, 3.8) is 0 Å². The van der Waals surface area contributed by atoms with Gasteiger partial charge < -0.3 is 18.6 Å². The third-order valence-corrected chi connectivity index (χ3v) is 12.0. The van der Waals surface area contributed by atoms with Gasteiger partial charge in [0, 0.05) is 0 Å². The predicted molar refractivity (Wildman–Crippen MR) is 164 cm³/mol. The van der Waals surface area contributed by atoms with Gasteiger partial charge in [-0.25, -0.2) is 0 Å². The Morgan fingerprint density at radius 3 is 1.64 bits per heavy atom. The van der Waals surface area contributed by atoms with Crippen molar-refractivity contribution in [2.75, 3.05) is 21.3 Å². The predicted octanol–water partition coefficient (Wildman–Crippen LogP) is 7.13. The first-order chi connectivity index (χ1) is 18.7. The van der Waals surface area contributed by atoms with Crippen LogP contribution in [0.15, 0.2) is 91.0 Å². The van der Waals surface area contributed by atoms with Gasteiger partial charge in [0.25, 0.3) is 0 Å². The maximum atomic E-state index is 7.28. The molecule has 0 unspecified atom stereocenters. The minimum Gasteiger partial charge on any atom is -0.531 e. The molecular weight excluding hydrogens is 500 g/mol. The average molecular weight is 539 g/mol. The summed E-state index contributed by atoms with van der Waals surface area (Å²) in [5.74, 6) is 2.90. The first-order valence-corrected chi connectivity index (χ1v) is 15.0. The smallest absolute Gasteiger partial charge is 0.320 e. The summed E-state index contributed by atoms with van der Waals surface area (Å²) in [6.45, 7) is 8.83. The molecule has 0 bridgehead atoms. The highest BCUT2D eigenvalue weighted by Gasteiger charge is 2.52. The van der Waals surface area contributed by atoms with Crippen LogP contribution < -0.4 is 29.0 Å². The number of ether oxygens (including phenoxy) is 3. The van der Waals surface area contributed by atoms with Crippen LogP contribution in [0.2, 0.25) is 5.04 Å². The van der Waals surface area contributed by atoms with Crippen molar-refractivity contribution >= 4 is 30.8 Å². The highest BCUT2D eigenvalue weighted by atomic mass is 28.4. The second-order valence-electron chi connectivity index (χ2n) is 10.6. The molecule has 0 amide bonds. The Labute approximate surface area is 234 Å². The van der Waals surface area contributed by atoms with Crippen LogP contribution in [0.1, 0.15) is 37.5 Å². The van der Waals surface area contributed by atoms with E-state index < -0.39 is 8.32 Å². The number of hydrogen-bond donors (Lipinski definition) is 0. The van der Waals surface area contributed by atoms with Gasteiger partial charge in [0.05, 0.1) is 21.3 Å². The van der Waals surface area contributed by atoms with Crippen molar-refractivity contribution in [3.05, 3.63) is 108 Å². The monoisotopic (exact) mass is 538 g/mol. The number of benzene rings is 4. The number of hydrogen-bond acceptors (Lipinski definition) is 4. The fraction of sp³-hybridized carbons (Fsp3) is 0.235. The van der Waals surface area contributed by atoms with Gasteiger partial charge in [0.1, 0.15) is 5.75 Å². The van der Waals surface area contributed by atoms with E-state index in [0.29, 0.717) is 11.5 Å². The van der Waals surface area contributed by atoms with Gasteiger partial charge in [-0.3, -0.25) is 0 Å². The molecular formula is C34H38O4Si. The molecule has 0 N–H and O–H groups in total. The topological polar surface area (TPSA) is 36.9 Å². The van der Waals surface area contributed by atoms with Crippen LogP contribution in [0.5, 0.6) is 23.0 Å². The van der Waals surface area contributed by atoms with Crippen molar-refractivity contribution in [3.8, 4) is 23.0 Å². The van der Waals surface area contributed by atoms with Crippen LogP contribution in [0, 0.1) is 6.92 Å². The van der Waals surface area contributed by atoms with Gasteiger partial charge in [0.15, 0.2) is 17.2 Å². The highest BCUT2D eigenvalue weighted by molar-refractivity contribution is 7.00. The molecule has 4 aromatic rings. The fourth-order valence-electron chi connectivity index (χ4n) is 5.16. The van der Waals surface area contributed by atoms with E-state index in [1.807, 2.05) is 25.1 Å². The summed E-state index contributed by atoms with van der Waals surface area (Å²) in [4.78, 5) is 0. The Morgan fingerprint density at radius 1 is 0.590 bits per heavy atom. The molecule has 0 radical (unpaired) electrons. The molecule has 39 heavy (non-hydrogen) atoms. The zero-order valence-electron chi connectivity index (χ0n) is 23.9. The summed E-state index contributed by atoms with van der Waals surface area (Å²) in [7, 11) is 2.19. The molecule has 0 saturated heterocycles. The maximum Gasteiger partial charge on any atom is 0.320 e. The summed E-state index contributed by atoms with van der Waals surface area (Å²) in [6, 6.07) is 31.4. The normalized spacial score (nSPS) is 11.9. The number of aryl methyl sites for hydroxylation is 1. The molecule has 0 aliphatic rings. The van der Waals surface area contributed by atoms with E-state index in [1.54, 1.807) is 21.3 Å². The van der Waals surface area contributed by atoms with Crippen molar-refractivity contribution < 1.29 is 18.6 Å². The lowest BCUT2D eigenvalue weighted by atomic mass is 10.1. The zero-order chi connectivity index (χ0) is 28.0. The van der Waals surface area contributed by atoms with Crippen molar-refractivity contribution in [2.24, 2.45) is 0 Å². The molecule has 5 heteroatoms. The van der Waals surface area contributed by atoms with Gasteiger partial charge in [-0.15, -0.1) is 0 Å². The molecule has 0 aromatic heterocycles. The molecule has 0 aliphatic carbocycles. The van der Waals surface area contributed by atoms with Crippen LogP contribution in [0.3, 0.4) is 0 Å². The average Bonchev–Trinajstić information content (AvgIpc) is 2.94. The molecule has 202 valence electrons. The summed E-state index contributed by atoms with van der Waals surface area (Å²) in [6.07, 6.45) is 4.15. The van der Waals surface area contributed by atoms with Crippen LogP contribution in [-0.4, -0.2) is 29.6 Å². The van der Waals surface area contributed by atoms with Crippen molar-refractivity contribution in [1.29, 1.82) is 0 Å². The van der Waals surface area contributed by atoms with Gasteiger partial charge in [-0.2, -0.15) is 0 Å². The van der Waals surface area contributed by atoms with Crippen LogP contribution >= 0.6 is 0 Å². The quantitative estimate of drug-likeness (QED) is 0.168. The number of rotatable bonds is 9. The molecule has 0 heterocycles. The highest BCUT2D eigenvalue weighted by Crippen LogP contribution is 2.40. The van der Waals surface area contributed by atoms with Crippen LogP contribution in [0.4, 0.5) is 0 Å². The standard InChI is InChI=1S/C34H38O4Si/c1-25-22-27(24-32(36-6)33(25)37-7)19-18-26-20-21-30(35-5)31(23-26)38-39(34(2,3)4,28-14-10-8-11-15-28)29-16-12-9-13-17-29/h8-24H,1-7H3/b19-18-. The van der Waals surface area contributed by atoms with E-state index in [9.17, 15) is 0 Å². The second-order valence-corrected chi connectivity index (χ2v) is 14.8. The molecule has 0 saturated carbocycles. The van der Waals surface area contributed by atoms with Crippen molar-refractivity contribution in [1.82, 2.24) is 0 Å². The van der Waals surface area contributed by atoms with Crippen molar-refractivity contribution in [2.45, 2.75) is 32.7 Å². The Hall–Kier alpha value is -3.96. The first-order valence-electron chi connectivity index (χ1n) is 13.1. The molecule has 4 rings (SSSR count).